The fraction of sp³-hybridized carbons (Fsp3) is 0.391. The van der Waals surface area contributed by atoms with E-state index in [2.05, 4.69) is 23.1 Å². The number of carbonyl (C=O) groups is 1. The van der Waals surface area contributed by atoms with E-state index >= 15 is 0 Å². The van der Waals surface area contributed by atoms with Crippen LogP contribution in [0.3, 0.4) is 0 Å². The molecular formula is C23H26N2O2. The molecule has 27 heavy (non-hydrogen) atoms. The Bertz CT molecular complexity index is 799. The Morgan fingerprint density at radius 1 is 1.11 bits per heavy atom. The van der Waals surface area contributed by atoms with Gasteiger partial charge in [-0.3, -0.25) is 4.90 Å². The van der Waals surface area contributed by atoms with Crippen LogP contribution in [0.15, 0.2) is 54.6 Å². The number of likely N-dealkylation sites (tertiary alicyclic amines) is 1. The molecule has 2 aromatic rings. The van der Waals surface area contributed by atoms with Gasteiger partial charge < -0.3 is 4.74 Å². The van der Waals surface area contributed by atoms with E-state index in [1.54, 1.807) is 12.1 Å². The molecule has 0 aliphatic carbocycles. The second kappa shape index (κ2) is 8.37. The largest absolute Gasteiger partial charge is 0.457 e. The summed E-state index contributed by atoms with van der Waals surface area (Å²) in [4.78, 5) is 14.3. The van der Waals surface area contributed by atoms with Crippen LogP contribution in [-0.4, -0.2) is 29.5 Å². The molecule has 4 heteroatoms. The SMILES string of the molecule is CC(C)(C#N)N1CCC(c2ccc(COC(=O)c3ccccc3)cc2)CC1. The van der Waals surface area contributed by atoms with Gasteiger partial charge in [0.25, 0.3) is 0 Å². The van der Waals surface area contributed by atoms with E-state index in [0.717, 1.165) is 31.5 Å². The van der Waals surface area contributed by atoms with E-state index in [0.29, 0.717) is 11.5 Å². The summed E-state index contributed by atoms with van der Waals surface area (Å²) in [6.07, 6.45) is 2.13. The normalized spacial score (nSPS) is 15.9. The molecule has 0 radical (unpaired) electrons. The van der Waals surface area contributed by atoms with Gasteiger partial charge in [0.1, 0.15) is 12.1 Å². The highest BCUT2D eigenvalue weighted by molar-refractivity contribution is 5.89. The third kappa shape index (κ3) is 4.75. The number of carbonyl (C=O) groups excluding carboxylic acids is 1. The van der Waals surface area contributed by atoms with Crippen LogP contribution < -0.4 is 0 Å². The Balaban J connectivity index is 1.52. The maximum absolute atomic E-state index is 12.0. The van der Waals surface area contributed by atoms with Crippen molar-refractivity contribution in [3.05, 3.63) is 71.3 Å². The predicted octanol–water partition coefficient (Wildman–Crippen LogP) is 4.53. The first kappa shape index (κ1) is 19.1. The number of hydrogen-bond donors (Lipinski definition) is 0. The highest BCUT2D eigenvalue weighted by Gasteiger charge is 2.30. The summed E-state index contributed by atoms with van der Waals surface area (Å²) in [6.45, 7) is 6.14. The van der Waals surface area contributed by atoms with E-state index in [1.165, 1.54) is 5.56 Å². The Morgan fingerprint density at radius 3 is 2.33 bits per heavy atom. The van der Waals surface area contributed by atoms with Crippen LogP contribution in [0.2, 0.25) is 0 Å². The van der Waals surface area contributed by atoms with Crippen molar-refractivity contribution in [2.24, 2.45) is 0 Å². The Morgan fingerprint density at radius 2 is 1.74 bits per heavy atom. The highest BCUT2D eigenvalue weighted by Crippen LogP contribution is 2.31. The van der Waals surface area contributed by atoms with Crippen molar-refractivity contribution in [2.75, 3.05) is 13.1 Å². The van der Waals surface area contributed by atoms with Crippen LogP contribution in [0.25, 0.3) is 0 Å². The summed E-state index contributed by atoms with van der Waals surface area (Å²) < 4.78 is 5.39. The minimum absolute atomic E-state index is 0.281. The first-order valence-electron chi connectivity index (χ1n) is 9.47. The number of piperidine rings is 1. The topological polar surface area (TPSA) is 53.3 Å². The number of hydrogen-bond acceptors (Lipinski definition) is 4. The molecule has 1 saturated heterocycles. The molecule has 0 saturated carbocycles. The van der Waals surface area contributed by atoms with Gasteiger partial charge in [0, 0.05) is 13.1 Å². The molecule has 1 heterocycles. The number of ether oxygens (including phenoxy) is 1. The van der Waals surface area contributed by atoms with Gasteiger partial charge in [-0.15, -0.1) is 0 Å². The molecule has 0 unspecified atom stereocenters. The number of benzene rings is 2. The molecular weight excluding hydrogens is 336 g/mol. The monoisotopic (exact) mass is 362 g/mol. The molecule has 1 aliphatic rings. The summed E-state index contributed by atoms with van der Waals surface area (Å²) in [5.41, 5.74) is 2.49. The first-order chi connectivity index (χ1) is 13.0. The van der Waals surface area contributed by atoms with Crippen LogP contribution in [0.4, 0.5) is 0 Å². The minimum atomic E-state index is -0.391. The van der Waals surface area contributed by atoms with E-state index in [1.807, 2.05) is 44.2 Å². The summed E-state index contributed by atoms with van der Waals surface area (Å²) in [6, 6.07) is 19.8. The molecule has 0 spiro atoms. The van der Waals surface area contributed by atoms with Crippen molar-refractivity contribution in [1.29, 1.82) is 5.26 Å². The van der Waals surface area contributed by atoms with Crippen LogP contribution in [-0.2, 0) is 11.3 Å². The van der Waals surface area contributed by atoms with Gasteiger partial charge in [0.15, 0.2) is 0 Å². The van der Waals surface area contributed by atoms with Crippen LogP contribution in [0.5, 0.6) is 0 Å². The van der Waals surface area contributed by atoms with E-state index in [-0.39, 0.29) is 12.6 Å². The Hall–Kier alpha value is -2.64. The van der Waals surface area contributed by atoms with Crippen LogP contribution in [0.1, 0.15) is 54.1 Å². The quantitative estimate of drug-likeness (QED) is 0.734. The predicted molar refractivity (Wildman–Crippen MR) is 105 cm³/mol. The average molecular weight is 362 g/mol. The maximum atomic E-state index is 12.0. The standard InChI is InChI=1S/C23H26N2O2/c1-23(2,17-24)25-14-12-20(13-15-25)19-10-8-18(9-11-19)16-27-22(26)21-6-4-3-5-7-21/h3-11,20H,12-16H2,1-2H3. The van der Waals surface area contributed by atoms with Crippen molar-refractivity contribution >= 4 is 5.97 Å². The van der Waals surface area contributed by atoms with Gasteiger partial charge in [0.05, 0.1) is 11.6 Å². The summed E-state index contributed by atoms with van der Waals surface area (Å²) in [5, 5.41) is 9.29. The van der Waals surface area contributed by atoms with Gasteiger partial charge in [-0.25, -0.2) is 4.79 Å². The minimum Gasteiger partial charge on any atom is -0.457 e. The van der Waals surface area contributed by atoms with Gasteiger partial charge in [-0.2, -0.15) is 5.26 Å². The number of nitrogens with zero attached hydrogens (tertiary/aromatic N) is 2. The third-order valence-corrected chi connectivity index (χ3v) is 5.39. The zero-order chi connectivity index (χ0) is 19.3. The summed E-state index contributed by atoms with van der Waals surface area (Å²) in [5.74, 6) is 0.226. The molecule has 0 atom stereocenters. The van der Waals surface area contributed by atoms with Gasteiger partial charge >= 0.3 is 5.97 Å². The molecule has 1 fully saturated rings. The van der Waals surface area contributed by atoms with Crippen molar-refractivity contribution in [3.8, 4) is 6.07 Å². The number of rotatable bonds is 5. The summed E-state index contributed by atoms with van der Waals surface area (Å²) in [7, 11) is 0. The lowest BCUT2D eigenvalue weighted by atomic mass is 9.87. The average Bonchev–Trinajstić information content (AvgIpc) is 2.73. The third-order valence-electron chi connectivity index (χ3n) is 5.39. The lowest BCUT2D eigenvalue weighted by Gasteiger charge is -2.39. The number of nitriles is 1. The van der Waals surface area contributed by atoms with Crippen LogP contribution in [0, 0.1) is 11.3 Å². The maximum Gasteiger partial charge on any atom is 0.338 e. The summed E-state index contributed by atoms with van der Waals surface area (Å²) >= 11 is 0. The smallest absolute Gasteiger partial charge is 0.338 e. The molecule has 0 bridgehead atoms. The van der Waals surface area contributed by atoms with Crippen LogP contribution >= 0.6 is 0 Å². The Kier molecular flexibility index (Phi) is 5.93. The van der Waals surface area contributed by atoms with Crippen molar-refractivity contribution < 1.29 is 9.53 Å². The molecule has 0 aromatic heterocycles. The first-order valence-corrected chi connectivity index (χ1v) is 9.47. The van der Waals surface area contributed by atoms with Crippen molar-refractivity contribution in [1.82, 2.24) is 4.90 Å². The van der Waals surface area contributed by atoms with Gasteiger partial charge in [-0.05, 0) is 55.9 Å². The zero-order valence-electron chi connectivity index (χ0n) is 16.0. The second-order valence-corrected chi connectivity index (χ2v) is 7.62. The Labute approximate surface area is 161 Å². The molecule has 2 aromatic carbocycles. The van der Waals surface area contributed by atoms with E-state index in [4.69, 9.17) is 4.74 Å². The van der Waals surface area contributed by atoms with Crippen molar-refractivity contribution in [3.63, 3.8) is 0 Å². The molecule has 3 rings (SSSR count). The fourth-order valence-corrected chi connectivity index (χ4v) is 3.54. The van der Waals surface area contributed by atoms with E-state index in [9.17, 15) is 10.1 Å². The van der Waals surface area contributed by atoms with Gasteiger partial charge in [-0.1, -0.05) is 42.5 Å². The molecule has 1 aliphatic heterocycles. The van der Waals surface area contributed by atoms with Gasteiger partial charge in [0.2, 0.25) is 0 Å². The van der Waals surface area contributed by atoms with Crippen molar-refractivity contribution in [2.45, 2.75) is 44.8 Å². The molecule has 0 N–H and O–H groups in total. The molecule has 4 nitrogen and oxygen atoms in total. The lowest BCUT2D eigenvalue weighted by molar-refractivity contribution is 0.0472. The fourth-order valence-electron chi connectivity index (χ4n) is 3.54. The zero-order valence-corrected chi connectivity index (χ0v) is 16.0. The molecule has 140 valence electrons. The lowest BCUT2D eigenvalue weighted by Crippen LogP contribution is -2.46. The van der Waals surface area contributed by atoms with E-state index < -0.39 is 5.54 Å². The number of esters is 1. The molecule has 0 amide bonds. The highest BCUT2D eigenvalue weighted by atomic mass is 16.5. The second-order valence-electron chi connectivity index (χ2n) is 7.62.